The fourth-order valence-corrected chi connectivity index (χ4v) is 7.33. The summed E-state index contributed by atoms with van der Waals surface area (Å²) in [5, 5.41) is 11.5. The monoisotopic (exact) mass is 320 g/mol. The largest absolute Gasteiger partial charge is 0.389 e. The van der Waals surface area contributed by atoms with E-state index in [1.165, 1.54) is 38.5 Å². The van der Waals surface area contributed by atoms with E-state index in [0.29, 0.717) is 11.3 Å². The van der Waals surface area contributed by atoms with E-state index in [9.17, 15) is 5.11 Å². The van der Waals surface area contributed by atoms with Crippen molar-refractivity contribution in [3.63, 3.8) is 0 Å². The molecule has 23 heavy (non-hydrogen) atoms. The molecule has 7 atom stereocenters. The molecule has 134 valence electrons. The first-order valence-corrected chi connectivity index (χ1v) is 10.4. The van der Waals surface area contributed by atoms with E-state index in [2.05, 4.69) is 41.5 Å². The van der Waals surface area contributed by atoms with Crippen LogP contribution in [0.3, 0.4) is 0 Å². The molecular formula is C22H40O. The maximum absolute atomic E-state index is 11.5. The van der Waals surface area contributed by atoms with E-state index < -0.39 is 5.60 Å². The molecule has 0 aromatic rings. The lowest BCUT2D eigenvalue weighted by molar-refractivity contribution is -0.182. The second kappa shape index (κ2) is 5.75. The summed E-state index contributed by atoms with van der Waals surface area (Å²) in [5.41, 5.74) is 0.188. The zero-order valence-corrected chi connectivity index (χ0v) is 16.5. The van der Waals surface area contributed by atoms with Gasteiger partial charge < -0.3 is 5.11 Å². The third-order valence-corrected chi connectivity index (χ3v) is 9.34. The second-order valence-electron chi connectivity index (χ2n) is 10.4. The molecule has 3 fully saturated rings. The zero-order valence-electron chi connectivity index (χ0n) is 16.5. The van der Waals surface area contributed by atoms with Crippen LogP contribution in [0, 0.1) is 40.4 Å². The minimum Gasteiger partial charge on any atom is -0.389 e. The highest BCUT2D eigenvalue weighted by Gasteiger charge is 2.58. The van der Waals surface area contributed by atoms with E-state index in [0.717, 1.165) is 36.5 Å². The third-order valence-electron chi connectivity index (χ3n) is 9.34. The fraction of sp³-hybridized carbons (Fsp3) is 1.00. The normalized spacial score (nSPS) is 53.1. The van der Waals surface area contributed by atoms with Crippen LogP contribution in [0.5, 0.6) is 0 Å². The molecule has 1 heteroatoms. The lowest BCUT2D eigenvalue weighted by atomic mass is 9.45. The van der Waals surface area contributed by atoms with Gasteiger partial charge in [-0.25, -0.2) is 0 Å². The summed E-state index contributed by atoms with van der Waals surface area (Å²) in [4.78, 5) is 0. The molecule has 0 spiro atoms. The number of hydrogen-bond acceptors (Lipinski definition) is 1. The van der Waals surface area contributed by atoms with E-state index in [-0.39, 0.29) is 5.41 Å². The van der Waals surface area contributed by atoms with Crippen molar-refractivity contribution in [3.05, 3.63) is 0 Å². The van der Waals surface area contributed by atoms with Crippen LogP contribution in [0.2, 0.25) is 0 Å². The van der Waals surface area contributed by atoms with Crippen molar-refractivity contribution in [2.45, 2.75) is 98.5 Å². The summed E-state index contributed by atoms with van der Waals surface area (Å²) in [6.45, 7) is 14.7. The van der Waals surface area contributed by atoms with Gasteiger partial charge in [-0.1, -0.05) is 48.0 Å². The van der Waals surface area contributed by atoms with Crippen LogP contribution < -0.4 is 0 Å². The Morgan fingerprint density at radius 1 is 0.870 bits per heavy atom. The summed E-state index contributed by atoms with van der Waals surface area (Å²) in [7, 11) is 0. The Balaban J connectivity index is 1.99. The molecule has 0 saturated heterocycles. The molecule has 2 bridgehead atoms. The molecule has 3 rings (SSSR count). The second-order valence-corrected chi connectivity index (χ2v) is 10.4. The summed E-state index contributed by atoms with van der Waals surface area (Å²) >= 11 is 0. The Kier molecular flexibility index (Phi) is 4.44. The van der Waals surface area contributed by atoms with Gasteiger partial charge >= 0.3 is 0 Å². The maximum Gasteiger partial charge on any atom is 0.0701 e. The van der Waals surface area contributed by atoms with Gasteiger partial charge in [0.25, 0.3) is 0 Å². The molecule has 0 aromatic heterocycles. The predicted molar refractivity (Wildman–Crippen MR) is 98.2 cm³/mol. The van der Waals surface area contributed by atoms with Crippen LogP contribution in [0.1, 0.15) is 92.9 Å². The highest BCUT2D eigenvalue weighted by Crippen LogP contribution is 2.63. The minimum absolute atomic E-state index is 0.128. The molecule has 0 radical (unpaired) electrons. The summed E-state index contributed by atoms with van der Waals surface area (Å²) < 4.78 is 0. The van der Waals surface area contributed by atoms with E-state index in [1.807, 2.05) is 0 Å². The molecule has 0 aromatic carbocycles. The van der Waals surface area contributed by atoms with Crippen molar-refractivity contribution in [1.82, 2.24) is 0 Å². The zero-order chi connectivity index (χ0) is 17.0. The summed E-state index contributed by atoms with van der Waals surface area (Å²) in [6.07, 6.45) is 9.92. The molecule has 3 aliphatic carbocycles. The van der Waals surface area contributed by atoms with Gasteiger partial charge in [-0.2, -0.15) is 0 Å². The fourth-order valence-electron chi connectivity index (χ4n) is 7.33. The van der Waals surface area contributed by atoms with Gasteiger partial charge in [-0.05, 0) is 85.4 Å². The summed E-state index contributed by atoms with van der Waals surface area (Å²) in [5.74, 6) is 4.04. The highest BCUT2D eigenvalue weighted by atomic mass is 16.3. The molecule has 0 heterocycles. The molecule has 1 N–H and O–H groups in total. The van der Waals surface area contributed by atoms with E-state index in [1.54, 1.807) is 0 Å². The van der Waals surface area contributed by atoms with Crippen LogP contribution in [0.25, 0.3) is 0 Å². The summed E-state index contributed by atoms with van der Waals surface area (Å²) in [6, 6.07) is 0. The smallest absolute Gasteiger partial charge is 0.0701 e. The maximum atomic E-state index is 11.5. The molecular weight excluding hydrogens is 280 g/mol. The minimum atomic E-state index is -0.427. The molecule has 1 nitrogen and oxygen atoms in total. The number of fused-ring (bicyclic) bond motifs is 3. The van der Waals surface area contributed by atoms with Gasteiger partial charge in [0.05, 0.1) is 5.60 Å². The molecule has 1 unspecified atom stereocenters. The van der Waals surface area contributed by atoms with Crippen LogP contribution >= 0.6 is 0 Å². The Hall–Kier alpha value is -0.0400. The first kappa shape index (κ1) is 17.8. The molecule has 0 aliphatic heterocycles. The molecule has 0 amide bonds. The van der Waals surface area contributed by atoms with Crippen molar-refractivity contribution in [2.24, 2.45) is 40.4 Å². The van der Waals surface area contributed by atoms with E-state index >= 15 is 0 Å². The number of hydrogen-bond donors (Lipinski definition) is 1. The average molecular weight is 321 g/mol. The van der Waals surface area contributed by atoms with Gasteiger partial charge in [0, 0.05) is 0 Å². The lowest BCUT2D eigenvalue weighted by Gasteiger charge is -2.61. The van der Waals surface area contributed by atoms with Gasteiger partial charge in [0.15, 0.2) is 0 Å². The number of rotatable bonds is 1. The Labute approximate surface area is 144 Å². The SMILES string of the molecule is CCC1(O)CC[C@@H](C)[C@H]2C[C@@H]3CC[C@@H](C)[C@H](CC[C@@]21C)C3(C)C. The van der Waals surface area contributed by atoms with Crippen LogP contribution in [-0.2, 0) is 0 Å². The molecule has 3 saturated carbocycles. The third kappa shape index (κ3) is 2.52. The van der Waals surface area contributed by atoms with Gasteiger partial charge in [0.2, 0.25) is 0 Å². The molecule has 3 aliphatic rings. The first-order valence-electron chi connectivity index (χ1n) is 10.4. The predicted octanol–water partition coefficient (Wildman–Crippen LogP) is 6.05. The van der Waals surface area contributed by atoms with Crippen LogP contribution in [0.4, 0.5) is 0 Å². The van der Waals surface area contributed by atoms with Crippen molar-refractivity contribution in [2.75, 3.05) is 0 Å². The van der Waals surface area contributed by atoms with Crippen molar-refractivity contribution >= 4 is 0 Å². The Morgan fingerprint density at radius 2 is 1.52 bits per heavy atom. The van der Waals surface area contributed by atoms with Gasteiger partial charge in [-0.15, -0.1) is 0 Å². The van der Waals surface area contributed by atoms with Crippen LogP contribution in [-0.4, -0.2) is 10.7 Å². The average Bonchev–Trinajstić information content (AvgIpc) is 2.49. The first-order chi connectivity index (χ1) is 10.7. The van der Waals surface area contributed by atoms with Crippen LogP contribution in [0.15, 0.2) is 0 Å². The van der Waals surface area contributed by atoms with Crippen molar-refractivity contribution < 1.29 is 5.11 Å². The van der Waals surface area contributed by atoms with E-state index in [4.69, 9.17) is 0 Å². The van der Waals surface area contributed by atoms with Crippen molar-refractivity contribution in [3.8, 4) is 0 Å². The highest BCUT2D eigenvalue weighted by molar-refractivity contribution is 5.08. The van der Waals surface area contributed by atoms with Crippen molar-refractivity contribution in [1.29, 1.82) is 0 Å². The lowest BCUT2D eigenvalue weighted by Crippen LogP contribution is -2.58. The Bertz CT molecular complexity index is 441. The topological polar surface area (TPSA) is 20.2 Å². The van der Waals surface area contributed by atoms with Gasteiger partial charge in [0.1, 0.15) is 0 Å². The number of aliphatic hydroxyl groups is 1. The quantitative estimate of drug-likeness (QED) is 0.623. The standard InChI is InChI=1S/C22H40O/c1-7-22(23)13-10-16(3)19-14-17-9-8-15(2)18(20(17,4)5)11-12-21(19,22)6/h15-19,23H,7-14H2,1-6H3/t15-,16-,17+,18+,19-,21+,22?/m1/s1. The Morgan fingerprint density at radius 3 is 2.17 bits per heavy atom. The van der Waals surface area contributed by atoms with Gasteiger partial charge in [-0.3, -0.25) is 0 Å².